The van der Waals surface area contributed by atoms with Crippen LogP contribution in [-0.2, 0) is 15.8 Å². The first-order valence-corrected chi connectivity index (χ1v) is 12.1. The van der Waals surface area contributed by atoms with Crippen LogP contribution in [0.25, 0.3) is 0 Å². The fraction of sp³-hybridized carbons (Fsp3) is 0.524. The van der Waals surface area contributed by atoms with Gasteiger partial charge in [-0.3, -0.25) is 0 Å². The molecule has 156 valence electrons. The lowest BCUT2D eigenvalue weighted by Gasteiger charge is -2.34. The minimum atomic E-state index is -3.30. The van der Waals surface area contributed by atoms with Gasteiger partial charge in [0, 0.05) is 39.3 Å². The molecule has 2 aromatic rings. The van der Waals surface area contributed by atoms with Crippen LogP contribution in [-0.4, -0.2) is 62.2 Å². The standard InChI is InChI=1S/C21H29N5O2S/c27-29(28,18-19-8-4-3-5-9-19)26-16-14-25(15-17-26)21-11-10-20(22-23-21)24-12-6-1-2-7-13-24/h3-5,8-11H,1-2,6-7,12-18H2. The van der Waals surface area contributed by atoms with Crippen LogP contribution in [0.4, 0.5) is 11.6 Å². The number of hydrogen-bond donors (Lipinski definition) is 0. The summed E-state index contributed by atoms with van der Waals surface area (Å²) >= 11 is 0. The second kappa shape index (κ2) is 9.09. The summed E-state index contributed by atoms with van der Waals surface area (Å²) in [4.78, 5) is 4.44. The van der Waals surface area contributed by atoms with Gasteiger partial charge in [-0.05, 0) is 30.5 Å². The normalized spacial score (nSPS) is 19.2. The van der Waals surface area contributed by atoms with Gasteiger partial charge in [0.05, 0.1) is 5.75 Å². The van der Waals surface area contributed by atoms with Crippen molar-refractivity contribution in [1.29, 1.82) is 0 Å². The Balaban J connectivity index is 1.34. The summed E-state index contributed by atoms with van der Waals surface area (Å²) in [7, 11) is -3.30. The van der Waals surface area contributed by atoms with Crippen molar-refractivity contribution in [3.05, 3.63) is 48.0 Å². The second-order valence-corrected chi connectivity index (χ2v) is 9.75. The number of sulfonamides is 1. The lowest BCUT2D eigenvalue weighted by atomic mass is 10.2. The molecule has 0 atom stereocenters. The van der Waals surface area contributed by atoms with Crippen molar-refractivity contribution >= 4 is 21.7 Å². The number of aromatic nitrogens is 2. The van der Waals surface area contributed by atoms with E-state index < -0.39 is 10.0 Å². The Morgan fingerprint density at radius 3 is 1.79 bits per heavy atom. The summed E-state index contributed by atoms with van der Waals surface area (Å²) in [5, 5.41) is 8.87. The van der Waals surface area contributed by atoms with Crippen molar-refractivity contribution in [3.8, 4) is 0 Å². The zero-order chi connectivity index (χ0) is 20.1. The zero-order valence-corrected chi connectivity index (χ0v) is 17.6. The molecular formula is C21H29N5O2S. The van der Waals surface area contributed by atoms with E-state index >= 15 is 0 Å². The molecule has 2 saturated heterocycles. The molecule has 4 rings (SSSR count). The lowest BCUT2D eigenvalue weighted by molar-refractivity contribution is 0.383. The SMILES string of the molecule is O=S(=O)(Cc1ccccc1)N1CCN(c2ccc(N3CCCCCC3)nn2)CC1. The Morgan fingerprint density at radius 1 is 0.690 bits per heavy atom. The highest BCUT2D eigenvalue weighted by Gasteiger charge is 2.27. The Labute approximate surface area is 173 Å². The molecule has 0 aliphatic carbocycles. The van der Waals surface area contributed by atoms with Crippen LogP contribution >= 0.6 is 0 Å². The predicted molar refractivity (Wildman–Crippen MR) is 116 cm³/mol. The summed E-state index contributed by atoms with van der Waals surface area (Å²) in [6, 6.07) is 13.4. The monoisotopic (exact) mass is 415 g/mol. The number of anilines is 2. The van der Waals surface area contributed by atoms with E-state index in [0.29, 0.717) is 26.2 Å². The van der Waals surface area contributed by atoms with Gasteiger partial charge in [0.2, 0.25) is 10.0 Å². The third-order valence-corrected chi connectivity index (χ3v) is 7.56. The number of rotatable bonds is 5. The average molecular weight is 416 g/mol. The van der Waals surface area contributed by atoms with Crippen molar-refractivity contribution in [2.45, 2.75) is 31.4 Å². The maximum atomic E-state index is 12.7. The molecule has 1 aromatic carbocycles. The van der Waals surface area contributed by atoms with Crippen LogP contribution in [0.2, 0.25) is 0 Å². The molecule has 0 bridgehead atoms. The molecule has 0 radical (unpaired) electrons. The predicted octanol–water partition coefficient (Wildman–Crippen LogP) is 2.51. The average Bonchev–Trinajstić information content (AvgIpc) is 3.04. The fourth-order valence-electron chi connectivity index (χ4n) is 4.03. The van der Waals surface area contributed by atoms with Gasteiger partial charge in [-0.25, -0.2) is 8.42 Å². The topological polar surface area (TPSA) is 69.6 Å². The molecule has 0 spiro atoms. The summed E-state index contributed by atoms with van der Waals surface area (Å²) in [5.74, 6) is 1.82. The largest absolute Gasteiger partial charge is 0.355 e. The summed E-state index contributed by atoms with van der Waals surface area (Å²) in [5.41, 5.74) is 0.824. The fourth-order valence-corrected chi connectivity index (χ4v) is 5.54. The summed E-state index contributed by atoms with van der Waals surface area (Å²) in [6.07, 6.45) is 5.00. The first-order chi connectivity index (χ1) is 14.1. The molecule has 3 heterocycles. The van der Waals surface area contributed by atoms with Crippen LogP contribution in [0.1, 0.15) is 31.2 Å². The van der Waals surface area contributed by atoms with Crippen molar-refractivity contribution in [2.75, 3.05) is 49.1 Å². The molecular weight excluding hydrogens is 386 g/mol. The van der Waals surface area contributed by atoms with E-state index in [2.05, 4.69) is 20.0 Å². The first-order valence-electron chi connectivity index (χ1n) is 10.5. The van der Waals surface area contributed by atoms with E-state index in [4.69, 9.17) is 0 Å². The highest BCUT2D eigenvalue weighted by Crippen LogP contribution is 2.21. The third kappa shape index (κ3) is 5.05. The molecule has 2 fully saturated rings. The minimum Gasteiger partial charge on any atom is -0.355 e. The highest BCUT2D eigenvalue weighted by atomic mass is 32.2. The third-order valence-electron chi connectivity index (χ3n) is 5.71. The number of piperazine rings is 1. The van der Waals surface area contributed by atoms with Crippen LogP contribution in [0, 0.1) is 0 Å². The van der Waals surface area contributed by atoms with Gasteiger partial charge in [-0.1, -0.05) is 43.2 Å². The second-order valence-electron chi connectivity index (χ2n) is 7.78. The van der Waals surface area contributed by atoms with E-state index in [0.717, 1.165) is 30.3 Å². The summed E-state index contributed by atoms with van der Waals surface area (Å²) in [6.45, 7) is 4.31. The molecule has 2 aliphatic rings. The molecule has 2 aliphatic heterocycles. The molecule has 29 heavy (non-hydrogen) atoms. The number of hydrogen-bond acceptors (Lipinski definition) is 6. The van der Waals surface area contributed by atoms with Crippen molar-refractivity contribution in [2.24, 2.45) is 0 Å². The molecule has 8 heteroatoms. The van der Waals surface area contributed by atoms with E-state index in [-0.39, 0.29) is 5.75 Å². The molecule has 7 nitrogen and oxygen atoms in total. The van der Waals surface area contributed by atoms with E-state index in [1.807, 2.05) is 42.5 Å². The smallest absolute Gasteiger partial charge is 0.218 e. The van der Waals surface area contributed by atoms with Crippen LogP contribution in [0.3, 0.4) is 0 Å². The van der Waals surface area contributed by atoms with Gasteiger partial charge in [0.1, 0.15) is 0 Å². The van der Waals surface area contributed by atoms with Gasteiger partial charge in [0.25, 0.3) is 0 Å². The van der Waals surface area contributed by atoms with Crippen molar-refractivity contribution in [1.82, 2.24) is 14.5 Å². The quantitative estimate of drug-likeness (QED) is 0.747. The van der Waals surface area contributed by atoms with Gasteiger partial charge in [0.15, 0.2) is 11.6 Å². The van der Waals surface area contributed by atoms with Crippen LogP contribution in [0.15, 0.2) is 42.5 Å². The van der Waals surface area contributed by atoms with Crippen LogP contribution in [0.5, 0.6) is 0 Å². The highest BCUT2D eigenvalue weighted by molar-refractivity contribution is 7.88. The Kier molecular flexibility index (Phi) is 6.30. The Morgan fingerprint density at radius 2 is 1.24 bits per heavy atom. The number of nitrogens with zero attached hydrogens (tertiary/aromatic N) is 5. The van der Waals surface area contributed by atoms with Crippen molar-refractivity contribution < 1.29 is 8.42 Å². The number of benzene rings is 1. The molecule has 1 aromatic heterocycles. The molecule has 0 unspecified atom stereocenters. The van der Waals surface area contributed by atoms with E-state index in [1.165, 1.54) is 25.7 Å². The van der Waals surface area contributed by atoms with Gasteiger partial charge in [-0.2, -0.15) is 4.31 Å². The van der Waals surface area contributed by atoms with Gasteiger partial charge in [-0.15, -0.1) is 10.2 Å². The van der Waals surface area contributed by atoms with Gasteiger partial charge < -0.3 is 9.80 Å². The maximum Gasteiger partial charge on any atom is 0.218 e. The molecule has 0 amide bonds. The van der Waals surface area contributed by atoms with Crippen LogP contribution < -0.4 is 9.80 Å². The first kappa shape index (κ1) is 20.1. The lowest BCUT2D eigenvalue weighted by Crippen LogP contribution is -2.49. The van der Waals surface area contributed by atoms with Gasteiger partial charge >= 0.3 is 0 Å². The molecule has 0 N–H and O–H groups in total. The van der Waals surface area contributed by atoms with Crippen molar-refractivity contribution in [3.63, 3.8) is 0 Å². The van der Waals surface area contributed by atoms with E-state index in [9.17, 15) is 8.42 Å². The maximum absolute atomic E-state index is 12.7. The zero-order valence-electron chi connectivity index (χ0n) is 16.8. The Hall–Kier alpha value is -2.19. The minimum absolute atomic E-state index is 0.0537. The summed E-state index contributed by atoms with van der Waals surface area (Å²) < 4.78 is 27.0. The van der Waals surface area contributed by atoms with E-state index in [1.54, 1.807) is 4.31 Å². The Bertz CT molecular complexity index is 873. The molecule has 0 saturated carbocycles.